The van der Waals surface area contributed by atoms with Crippen molar-refractivity contribution in [2.75, 3.05) is 75.0 Å². The molecule has 0 aliphatic heterocycles. The van der Waals surface area contributed by atoms with Crippen LogP contribution in [0.15, 0.2) is 46.8 Å². The van der Waals surface area contributed by atoms with Gasteiger partial charge in [-0.05, 0) is 138 Å². The van der Waals surface area contributed by atoms with Crippen molar-refractivity contribution in [3.05, 3.63) is 114 Å². The highest BCUT2D eigenvalue weighted by molar-refractivity contribution is 8.24. The minimum Gasteiger partial charge on any atom is -0.385 e. The van der Waals surface area contributed by atoms with Gasteiger partial charge in [-0.15, -0.1) is 0 Å². The largest absolute Gasteiger partial charge is 0.385 e. The molecule has 12 radical (unpaired) electrons. The Morgan fingerprint density at radius 3 is 0.924 bits per heavy atom. The Kier molecular flexibility index (Phi) is 153. The van der Waals surface area contributed by atoms with Gasteiger partial charge in [0, 0.05) is 133 Å². The van der Waals surface area contributed by atoms with Gasteiger partial charge in [-0.25, -0.2) is 49.5 Å². The fraction of sp³-hybridized carbons (Fsp3) is 0.600. The molecule has 0 atom stereocenters. The maximum atomic E-state index is 10.5. The zero-order chi connectivity index (χ0) is 72.4. The van der Waals surface area contributed by atoms with Crippen molar-refractivity contribution in [2.24, 2.45) is 11.5 Å². The minimum atomic E-state index is -3.22. The number of anilines is 6. The fourth-order valence-corrected chi connectivity index (χ4v) is 3.73. The average Bonchev–Trinajstić information content (AvgIpc) is 3.64. The number of hydrogen-bond acceptors (Lipinski definition) is 21. The zero-order valence-corrected chi connectivity index (χ0v) is 66.7. The minimum absolute atomic E-state index is 0. The molecular formula is C60H129B4Cl4N20O3P. The maximum Gasteiger partial charge on any atom is 0.346 e. The van der Waals surface area contributed by atoms with Gasteiger partial charge >= 0.3 is 16.6 Å². The molecule has 0 bridgehead atoms. The second kappa shape index (κ2) is 104. The van der Waals surface area contributed by atoms with E-state index in [0.29, 0.717) is 34.8 Å². The lowest BCUT2D eigenvalue weighted by Gasteiger charge is -2.04. The first-order valence-electron chi connectivity index (χ1n) is 29.4. The third kappa shape index (κ3) is 90.9. The van der Waals surface area contributed by atoms with Crippen molar-refractivity contribution < 1.29 is 4.57 Å². The molecule has 0 fully saturated rings. The quantitative estimate of drug-likeness (QED) is 0.0445. The highest BCUT2D eigenvalue weighted by atomic mass is 36.0. The molecule has 32 heteroatoms. The molecule has 0 aromatic carbocycles. The Labute approximate surface area is 589 Å². The number of nitrogen functional groups attached to an aromatic ring is 2. The predicted molar refractivity (Wildman–Crippen MR) is 421 cm³/mol. The van der Waals surface area contributed by atoms with Crippen LogP contribution in [0.5, 0.6) is 0 Å². The molecule has 532 valence electrons. The zero-order valence-electron chi connectivity index (χ0n) is 62.7. The predicted octanol–water partition coefficient (Wildman–Crippen LogP) is 15.5. The number of aromatic amines is 2. The number of nitrogens with zero attached hydrogens (tertiary/aromatic N) is 10. The Hall–Kier alpha value is -5.55. The van der Waals surface area contributed by atoms with Crippen molar-refractivity contribution in [1.29, 1.82) is 0 Å². The Balaban J connectivity index is -0.0000000409. The molecule has 0 spiro atoms. The summed E-state index contributed by atoms with van der Waals surface area (Å²) in [5.41, 5.74) is 27.9. The van der Waals surface area contributed by atoms with Crippen molar-refractivity contribution >= 4 is 119 Å². The molecule has 6 aromatic heterocycles. The lowest BCUT2D eigenvalue weighted by Crippen LogP contribution is -2.12. The van der Waals surface area contributed by atoms with Gasteiger partial charge in [-0.2, -0.15) is 9.97 Å². The number of nitrogens with one attached hydrogen (secondary N) is 6. The van der Waals surface area contributed by atoms with E-state index in [1.165, 1.54) is 20.3 Å². The molecule has 0 aliphatic rings. The third-order valence-electron chi connectivity index (χ3n) is 7.61. The molecule has 6 rings (SSSR count). The van der Waals surface area contributed by atoms with Crippen molar-refractivity contribution in [3.63, 3.8) is 0 Å². The van der Waals surface area contributed by atoms with Crippen molar-refractivity contribution in [2.45, 2.75) is 208 Å². The molecule has 23 nitrogen and oxygen atoms in total. The van der Waals surface area contributed by atoms with E-state index in [1.807, 2.05) is 214 Å². The smallest absolute Gasteiger partial charge is 0.346 e. The molecular weight excluding hydrogens is 1260 g/mol. The Morgan fingerprint density at radius 1 is 0.391 bits per heavy atom. The summed E-state index contributed by atoms with van der Waals surface area (Å²) in [6.07, 6.45) is 10.0. The van der Waals surface area contributed by atoms with Gasteiger partial charge in [-0.3, -0.25) is 9.55 Å². The van der Waals surface area contributed by atoms with Gasteiger partial charge in [0.1, 0.15) is 17.5 Å². The first-order chi connectivity index (χ1) is 41.3. The van der Waals surface area contributed by atoms with E-state index < -0.39 is 10.9 Å². The number of aromatic nitrogens is 12. The normalized spacial score (nSPS) is 7.40. The highest BCUT2D eigenvalue weighted by Gasteiger charge is 2.03. The second-order valence-corrected chi connectivity index (χ2v) is 19.5. The van der Waals surface area contributed by atoms with Crippen LogP contribution in [-0.2, 0) is 4.57 Å². The Morgan fingerprint density at radius 2 is 0.663 bits per heavy atom. The molecule has 0 saturated heterocycles. The van der Waals surface area contributed by atoms with E-state index in [2.05, 4.69) is 126 Å². The van der Waals surface area contributed by atoms with E-state index in [-0.39, 0.29) is 46.8 Å². The molecule has 0 amide bonds. The van der Waals surface area contributed by atoms with Crippen molar-refractivity contribution in [3.8, 4) is 0 Å². The SMILES string of the molecule is C.CC.CC.CC.CC.CC.CC.CC.CC.CC.CC.CN.CN.CNc1ncc(C)c(C)n1.CNc1ncc(C)c(N)n1.CNc1ncc(C)c(NC)n1.Cc1cnc(=O)[nH]c1C.Cc1cnc(=O)[nH]c1N.Cc1cnc(Cl)nc1C.O=P(Cl)(Cl)Cl.[B].[B].[B].[B]. The average molecular weight is 1390 g/mol. The van der Waals surface area contributed by atoms with Crippen LogP contribution in [0.4, 0.5) is 35.3 Å². The number of nitrogens with two attached hydrogens (primary N) is 4. The van der Waals surface area contributed by atoms with Gasteiger partial charge in [0.15, 0.2) is 0 Å². The highest BCUT2D eigenvalue weighted by Crippen LogP contribution is 2.61. The van der Waals surface area contributed by atoms with E-state index in [4.69, 9.17) is 23.1 Å². The van der Waals surface area contributed by atoms with Crippen LogP contribution in [0.2, 0.25) is 5.28 Å². The summed E-state index contributed by atoms with van der Waals surface area (Å²) in [5, 5.41) is 8.61. The standard InChI is InChI=1S/C7H12N4.C7H11N3.C6H7ClN2.C6H10N4.C6H8N2O.C5H7N3O.10C2H6.2CH5N.CH4.4B.Cl3OP/c1-5-4-10-7(9-3)11-6(5)8-2;1-5-4-9-7(8-3)10-6(5)2;1-4-3-8-6(7)9-5(4)2;1-4-3-9-6(8-2)10-5(4)7;1-4-3-7-6(9)8-5(4)2;1-3-2-7-5(9)8-4(3)6;12*1-2;;;;;;1-5(2,3)4/h4H,1-3H3,(H2,8,9,10,11);4H,1-3H3,(H,8,9,10);3H,1-2H3;3H,1-2H3,(H3,7,8,9,10);3H,1-2H3,(H,7,8,9);2H,1H3,(H3,6,7,8,9);10*1-2H3;2*2H2,1H3;1H4;;;;;. The lowest BCUT2D eigenvalue weighted by molar-refractivity contribution is 0.600. The van der Waals surface area contributed by atoms with Gasteiger partial charge < -0.3 is 49.2 Å². The molecule has 6 aromatic rings. The maximum absolute atomic E-state index is 10.5. The summed E-state index contributed by atoms with van der Waals surface area (Å²) >= 11 is 19.3. The van der Waals surface area contributed by atoms with Gasteiger partial charge in [0.2, 0.25) is 23.1 Å². The first kappa shape index (κ1) is 135. The van der Waals surface area contributed by atoms with Crippen LogP contribution < -0.4 is 55.6 Å². The monoisotopic (exact) mass is 1390 g/mol. The summed E-state index contributed by atoms with van der Waals surface area (Å²) in [6, 6.07) is 0. The summed E-state index contributed by atoms with van der Waals surface area (Å²) < 4.78 is 9.51. The van der Waals surface area contributed by atoms with Gasteiger partial charge in [0.05, 0.1) is 0 Å². The number of halogens is 4. The van der Waals surface area contributed by atoms with Crippen LogP contribution in [-0.4, -0.2) is 136 Å². The number of aryl methyl sites for hydroxylation is 9. The van der Waals surface area contributed by atoms with Gasteiger partial charge in [0.25, 0.3) is 0 Å². The number of H-pyrrole nitrogens is 2. The van der Waals surface area contributed by atoms with E-state index in [9.17, 15) is 14.2 Å². The van der Waals surface area contributed by atoms with Crippen LogP contribution in [0.25, 0.3) is 0 Å². The van der Waals surface area contributed by atoms with Crippen molar-refractivity contribution in [1.82, 2.24) is 59.8 Å². The topological polar surface area (TPSA) is 364 Å². The van der Waals surface area contributed by atoms with E-state index in [0.717, 1.165) is 56.3 Å². The summed E-state index contributed by atoms with van der Waals surface area (Å²) in [4.78, 5) is 64.8. The van der Waals surface area contributed by atoms with Crippen LogP contribution >= 0.6 is 50.5 Å². The Bertz CT molecular complexity index is 2410. The van der Waals surface area contributed by atoms with Gasteiger partial charge in [-0.1, -0.05) is 146 Å². The summed E-state index contributed by atoms with van der Waals surface area (Å²) in [7, 11) is 10.2. The molecule has 92 heavy (non-hydrogen) atoms. The number of hydrogen-bond donors (Lipinski definition) is 10. The van der Waals surface area contributed by atoms with E-state index >= 15 is 0 Å². The van der Waals surface area contributed by atoms with Crippen LogP contribution in [0.1, 0.15) is 196 Å². The molecule has 14 N–H and O–H groups in total. The fourth-order valence-electron chi connectivity index (χ4n) is 3.55. The molecule has 0 aliphatic carbocycles. The summed E-state index contributed by atoms with van der Waals surface area (Å²) in [5.74, 6) is 3.66. The second-order valence-electron chi connectivity index (χ2n) is 12.5. The van der Waals surface area contributed by atoms with E-state index in [1.54, 1.807) is 45.8 Å². The molecule has 0 unspecified atom stereocenters. The molecule has 0 saturated carbocycles. The summed E-state index contributed by atoms with van der Waals surface area (Å²) in [6.45, 7) is 57.2. The lowest BCUT2D eigenvalue weighted by atomic mass is 10.3. The third-order valence-corrected chi connectivity index (χ3v) is 7.80. The molecule has 6 heterocycles. The first-order valence-corrected chi connectivity index (χ1v) is 34.2. The van der Waals surface area contributed by atoms with Crippen LogP contribution in [0, 0.1) is 62.3 Å². The number of rotatable bonds is 4. The van der Waals surface area contributed by atoms with Crippen LogP contribution in [0.3, 0.4) is 0 Å².